The van der Waals surface area contributed by atoms with Crippen LogP contribution in [0.1, 0.15) is 18.9 Å². The van der Waals surface area contributed by atoms with Gasteiger partial charge in [0.1, 0.15) is 11.5 Å². The van der Waals surface area contributed by atoms with Crippen molar-refractivity contribution in [2.45, 2.75) is 26.1 Å². The van der Waals surface area contributed by atoms with Crippen LogP contribution >= 0.6 is 0 Å². The third-order valence-electron chi connectivity index (χ3n) is 4.08. The average Bonchev–Trinajstić information content (AvgIpc) is 2.56. The minimum Gasteiger partial charge on any atom is -0.383 e. The zero-order valence-corrected chi connectivity index (χ0v) is 12.9. The summed E-state index contributed by atoms with van der Waals surface area (Å²) in [6.45, 7) is 4.94. The Morgan fingerprint density at radius 1 is 1.36 bits per heavy atom. The molecule has 0 bridgehead atoms. The molecule has 0 saturated carbocycles. The fourth-order valence-electron chi connectivity index (χ4n) is 2.90. The minimum absolute atomic E-state index is 0.576. The summed E-state index contributed by atoms with van der Waals surface area (Å²) in [5.74, 6) is 1.36. The second-order valence-corrected chi connectivity index (χ2v) is 5.48. The Kier molecular flexibility index (Phi) is 4.20. The van der Waals surface area contributed by atoms with E-state index in [0.717, 1.165) is 31.0 Å². The largest absolute Gasteiger partial charge is 0.383 e. The van der Waals surface area contributed by atoms with E-state index in [1.807, 2.05) is 47.1 Å². The quantitative estimate of drug-likeness (QED) is 0.760. The second kappa shape index (κ2) is 6.27. The first kappa shape index (κ1) is 14.7. The molecule has 118 valence electrons. The van der Waals surface area contributed by atoms with Crippen molar-refractivity contribution in [3.63, 3.8) is 0 Å². The Balaban J connectivity index is 1.84. The molecule has 0 fully saturated rings. The number of rotatable bonds is 4. The van der Waals surface area contributed by atoms with Crippen molar-refractivity contribution >= 4 is 5.96 Å². The molecule has 2 aliphatic rings. The molecule has 0 spiro atoms. The number of hydrogen-bond acceptors (Lipinski definition) is 6. The van der Waals surface area contributed by atoms with E-state index in [0.29, 0.717) is 24.6 Å². The normalized spacial score (nSPS) is 21.5. The molecule has 6 nitrogen and oxygen atoms in total. The number of aliphatic hydroxyl groups excluding tert-OH is 1. The van der Waals surface area contributed by atoms with Gasteiger partial charge in [0.15, 0.2) is 6.23 Å². The van der Waals surface area contributed by atoms with E-state index in [1.165, 1.54) is 0 Å². The van der Waals surface area contributed by atoms with Gasteiger partial charge >= 0.3 is 0 Å². The van der Waals surface area contributed by atoms with Crippen LogP contribution in [0, 0.1) is 0 Å². The number of benzene rings is 1. The average molecular weight is 301 g/mol. The van der Waals surface area contributed by atoms with Crippen LogP contribution in [0.25, 0.3) is 0 Å². The summed E-state index contributed by atoms with van der Waals surface area (Å²) in [5, 5.41) is 13.9. The first-order valence-electron chi connectivity index (χ1n) is 7.76. The molecule has 0 amide bonds. The maximum Gasteiger partial charge on any atom is 0.204 e. The number of hydrogen-bond donors (Lipinski definition) is 3. The van der Waals surface area contributed by atoms with E-state index in [2.05, 4.69) is 10.3 Å². The predicted molar refractivity (Wildman–Crippen MR) is 86.5 cm³/mol. The van der Waals surface area contributed by atoms with E-state index in [-0.39, 0.29) is 0 Å². The van der Waals surface area contributed by atoms with Gasteiger partial charge in [0.05, 0.1) is 0 Å². The first-order chi connectivity index (χ1) is 10.7. The summed E-state index contributed by atoms with van der Waals surface area (Å²) in [6.07, 6.45) is 0.200. The van der Waals surface area contributed by atoms with E-state index in [4.69, 9.17) is 5.73 Å². The Bertz CT molecular complexity index is 583. The van der Waals surface area contributed by atoms with Crippen LogP contribution in [-0.4, -0.2) is 46.7 Å². The van der Waals surface area contributed by atoms with Crippen molar-refractivity contribution in [3.05, 3.63) is 47.4 Å². The second-order valence-electron chi connectivity index (χ2n) is 5.48. The number of guanidine groups is 1. The van der Waals surface area contributed by atoms with Crippen molar-refractivity contribution in [2.24, 2.45) is 10.7 Å². The van der Waals surface area contributed by atoms with Crippen molar-refractivity contribution in [2.75, 3.05) is 19.6 Å². The lowest BCUT2D eigenvalue weighted by molar-refractivity contribution is 0.0582. The van der Waals surface area contributed by atoms with Gasteiger partial charge in [-0.2, -0.15) is 0 Å². The highest BCUT2D eigenvalue weighted by Crippen LogP contribution is 2.23. The lowest BCUT2D eigenvalue weighted by Gasteiger charge is -2.44. The minimum atomic E-state index is -0.776. The zero-order valence-electron chi connectivity index (χ0n) is 12.9. The van der Waals surface area contributed by atoms with Crippen molar-refractivity contribution < 1.29 is 5.11 Å². The summed E-state index contributed by atoms with van der Waals surface area (Å²) in [4.78, 5) is 8.39. The fourth-order valence-corrected chi connectivity index (χ4v) is 2.90. The van der Waals surface area contributed by atoms with Crippen LogP contribution in [0.4, 0.5) is 0 Å². The highest BCUT2D eigenvalue weighted by atomic mass is 16.3. The standard InChI is InChI=1S/C16H23N5O/c1-2-20-15(22)13(19-11-12-7-4-3-5-8-12)14(17)21-10-6-9-18-16(20)21/h3-5,7-8,15,19,22H,2,6,9-11,17H2,1H3. The molecule has 0 aliphatic carbocycles. The van der Waals surface area contributed by atoms with Crippen LogP contribution in [0.15, 0.2) is 46.8 Å². The Morgan fingerprint density at radius 2 is 2.14 bits per heavy atom. The smallest absolute Gasteiger partial charge is 0.204 e. The van der Waals surface area contributed by atoms with Gasteiger partial charge in [-0.1, -0.05) is 30.3 Å². The molecule has 0 aromatic heterocycles. The van der Waals surface area contributed by atoms with Gasteiger partial charge in [0.2, 0.25) is 5.96 Å². The molecule has 2 aliphatic heterocycles. The number of nitrogens with zero attached hydrogens (tertiary/aromatic N) is 3. The van der Waals surface area contributed by atoms with Gasteiger partial charge < -0.3 is 21.1 Å². The van der Waals surface area contributed by atoms with Crippen molar-refractivity contribution in [3.8, 4) is 0 Å². The Morgan fingerprint density at radius 3 is 2.86 bits per heavy atom. The van der Waals surface area contributed by atoms with Crippen molar-refractivity contribution in [1.29, 1.82) is 0 Å². The van der Waals surface area contributed by atoms with E-state index in [9.17, 15) is 5.11 Å². The van der Waals surface area contributed by atoms with Crippen LogP contribution < -0.4 is 11.1 Å². The summed E-state index contributed by atoms with van der Waals surface area (Å²) >= 11 is 0. The summed E-state index contributed by atoms with van der Waals surface area (Å²) in [6, 6.07) is 10.1. The maximum atomic E-state index is 10.6. The molecule has 0 radical (unpaired) electrons. The topological polar surface area (TPSA) is 77.1 Å². The highest BCUT2D eigenvalue weighted by molar-refractivity contribution is 5.84. The van der Waals surface area contributed by atoms with Crippen LogP contribution in [-0.2, 0) is 6.54 Å². The molecule has 1 atom stereocenters. The number of nitrogens with one attached hydrogen (secondary N) is 1. The molecule has 6 heteroatoms. The Hall–Kier alpha value is -2.21. The summed E-state index contributed by atoms with van der Waals surface area (Å²) in [5.41, 5.74) is 8.09. The number of likely N-dealkylation sites (N-methyl/N-ethyl adjacent to an activating group) is 1. The third kappa shape index (κ3) is 2.62. The van der Waals surface area contributed by atoms with Gasteiger partial charge in [0, 0.05) is 26.2 Å². The fraction of sp³-hybridized carbons (Fsp3) is 0.438. The molecular weight excluding hydrogens is 278 g/mol. The molecule has 1 aromatic rings. The van der Waals surface area contributed by atoms with Crippen molar-refractivity contribution in [1.82, 2.24) is 15.1 Å². The first-order valence-corrected chi connectivity index (χ1v) is 7.76. The van der Waals surface area contributed by atoms with Gasteiger partial charge in [-0.15, -0.1) is 0 Å². The van der Waals surface area contributed by atoms with E-state index in [1.54, 1.807) is 0 Å². The lowest BCUT2D eigenvalue weighted by atomic mass is 10.2. The number of fused-ring (bicyclic) bond motifs is 1. The molecule has 2 heterocycles. The van der Waals surface area contributed by atoms with Gasteiger partial charge in [-0.25, -0.2) is 0 Å². The third-order valence-corrected chi connectivity index (χ3v) is 4.08. The molecule has 3 rings (SSSR count). The molecule has 0 saturated heterocycles. The van der Waals surface area contributed by atoms with Gasteiger partial charge in [-0.05, 0) is 18.9 Å². The molecule has 22 heavy (non-hydrogen) atoms. The molecule has 1 unspecified atom stereocenters. The van der Waals surface area contributed by atoms with E-state index >= 15 is 0 Å². The SMILES string of the molecule is CCN1C2=NCCCN2C(N)=C(NCc2ccccc2)C1O. The van der Waals surface area contributed by atoms with E-state index < -0.39 is 6.23 Å². The zero-order chi connectivity index (χ0) is 15.5. The van der Waals surface area contributed by atoms with Gasteiger partial charge in [0.25, 0.3) is 0 Å². The maximum absolute atomic E-state index is 10.6. The molecule has 1 aromatic carbocycles. The highest BCUT2D eigenvalue weighted by Gasteiger charge is 2.36. The van der Waals surface area contributed by atoms with Crippen LogP contribution in [0.5, 0.6) is 0 Å². The molecule has 4 N–H and O–H groups in total. The summed E-state index contributed by atoms with van der Waals surface area (Å²) < 4.78 is 0. The Labute approximate surface area is 130 Å². The van der Waals surface area contributed by atoms with Gasteiger partial charge in [-0.3, -0.25) is 9.89 Å². The molecular formula is C16H23N5O. The number of nitrogens with two attached hydrogens (primary N) is 1. The lowest BCUT2D eigenvalue weighted by Crippen LogP contribution is -2.59. The van der Waals surface area contributed by atoms with Crippen LogP contribution in [0.2, 0.25) is 0 Å². The van der Waals surface area contributed by atoms with Crippen LogP contribution in [0.3, 0.4) is 0 Å². The number of aliphatic imine (C=N–C) groups is 1. The summed E-state index contributed by atoms with van der Waals surface area (Å²) in [7, 11) is 0. The number of aliphatic hydroxyl groups is 1. The monoisotopic (exact) mass is 301 g/mol. The predicted octanol–water partition coefficient (Wildman–Crippen LogP) is 0.620.